The smallest absolute Gasteiger partial charge is 0.408 e. The summed E-state index contributed by atoms with van der Waals surface area (Å²) >= 11 is 3.65. The van der Waals surface area contributed by atoms with Crippen molar-refractivity contribution in [2.45, 2.75) is 69.9 Å². The largest absolute Gasteiger partial charge is 0.494 e. The van der Waals surface area contributed by atoms with Crippen molar-refractivity contribution in [2.24, 2.45) is 5.92 Å². The Morgan fingerprint density at radius 1 is 1.03 bits per heavy atom. The lowest BCUT2D eigenvalue weighted by atomic mass is 9.81. The molecule has 2 atom stereocenters. The van der Waals surface area contributed by atoms with Crippen molar-refractivity contribution in [2.75, 3.05) is 26.2 Å². The van der Waals surface area contributed by atoms with Crippen LogP contribution in [-0.4, -0.2) is 59.6 Å². The molecule has 6 nitrogen and oxygen atoms in total. The van der Waals surface area contributed by atoms with Crippen LogP contribution < -0.4 is 4.74 Å². The Labute approximate surface area is 229 Å². The molecule has 0 aliphatic carbocycles. The molecule has 2 unspecified atom stereocenters. The molecule has 0 saturated carbocycles. The lowest BCUT2D eigenvalue weighted by Gasteiger charge is -2.50. The topological polar surface area (TPSA) is 70.1 Å². The van der Waals surface area contributed by atoms with E-state index in [1.165, 1.54) is 0 Å². The molecule has 3 aliphatic heterocycles. The van der Waals surface area contributed by atoms with Crippen molar-refractivity contribution >= 4 is 28.3 Å². The van der Waals surface area contributed by atoms with Gasteiger partial charge in [0.05, 0.1) is 18.7 Å². The summed E-state index contributed by atoms with van der Waals surface area (Å²) in [7, 11) is 0. The van der Waals surface area contributed by atoms with E-state index in [1.54, 1.807) is 4.90 Å². The zero-order chi connectivity index (χ0) is 26.0. The molecular weight excluding hydrogens is 532 g/mol. The average Bonchev–Trinajstić information content (AvgIpc) is 2.91. The van der Waals surface area contributed by atoms with Gasteiger partial charge in [-0.25, -0.2) is 4.79 Å². The third kappa shape index (κ3) is 7.57. The third-order valence-electron chi connectivity index (χ3n) is 7.79. The summed E-state index contributed by atoms with van der Waals surface area (Å²) in [5, 5.41) is 10.5. The van der Waals surface area contributed by atoms with Crippen LogP contribution in [0.1, 0.15) is 75.0 Å². The number of ether oxygens (including phenoxy) is 1. The van der Waals surface area contributed by atoms with Gasteiger partial charge in [0.1, 0.15) is 12.0 Å². The fraction of sp³-hybridized carbons (Fsp3) is 0.533. The van der Waals surface area contributed by atoms with E-state index in [4.69, 9.17) is 4.74 Å². The summed E-state index contributed by atoms with van der Waals surface area (Å²) in [4.78, 5) is 27.4. The highest BCUT2D eigenvalue weighted by Crippen LogP contribution is 2.40. The van der Waals surface area contributed by atoms with Crippen LogP contribution in [0.25, 0.3) is 0 Å². The number of benzene rings is 2. The summed E-state index contributed by atoms with van der Waals surface area (Å²) in [6.45, 7) is 3.56. The standard InChI is InChI=1S/C30H39BrN2O4/c31-26-19-25(20-27(21-26)37-18-10-5-3-1-2-4-9-17-34)29(24-11-7-6-8-12-24)33(30(35)36)28-22-32-15-13-23(28)14-16-32/h6-8,11-12,17,19-21,23,28-29H,1-5,9-10,13-16,18,22H2,(H,35,36). The Balaban J connectivity index is 1.49. The average molecular weight is 572 g/mol. The maximum Gasteiger partial charge on any atom is 0.408 e. The number of aldehydes is 1. The lowest BCUT2D eigenvalue weighted by molar-refractivity contribution is -0.107. The number of piperidine rings is 3. The summed E-state index contributed by atoms with van der Waals surface area (Å²) in [5.41, 5.74) is 1.89. The molecule has 3 fully saturated rings. The van der Waals surface area contributed by atoms with Gasteiger partial charge in [-0.2, -0.15) is 0 Å². The van der Waals surface area contributed by atoms with E-state index in [-0.39, 0.29) is 6.04 Å². The van der Waals surface area contributed by atoms with Gasteiger partial charge in [0.25, 0.3) is 0 Å². The number of halogens is 1. The van der Waals surface area contributed by atoms with E-state index in [2.05, 4.69) is 20.8 Å². The summed E-state index contributed by atoms with van der Waals surface area (Å²) in [5.74, 6) is 1.16. The zero-order valence-corrected chi connectivity index (χ0v) is 23.2. The van der Waals surface area contributed by atoms with Crippen LogP contribution in [0.4, 0.5) is 4.79 Å². The number of carbonyl (C=O) groups is 2. The predicted octanol–water partition coefficient (Wildman–Crippen LogP) is 6.92. The number of nitrogens with zero attached hydrogens (tertiary/aromatic N) is 2. The Morgan fingerprint density at radius 2 is 1.73 bits per heavy atom. The van der Waals surface area contributed by atoms with Crippen LogP contribution >= 0.6 is 15.9 Å². The zero-order valence-electron chi connectivity index (χ0n) is 21.6. The molecule has 200 valence electrons. The monoisotopic (exact) mass is 570 g/mol. The van der Waals surface area contributed by atoms with Gasteiger partial charge in [-0.05, 0) is 74.0 Å². The Kier molecular flexibility index (Phi) is 10.4. The van der Waals surface area contributed by atoms with E-state index >= 15 is 0 Å². The van der Waals surface area contributed by atoms with Crippen molar-refractivity contribution in [1.29, 1.82) is 0 Å². The molecule has 1 N–H and O–H groups in total. The van der Waals surface area contributed by atoms with Gasteiger partial charge < -0.3 is 19.5 Å². The molecule has 3 saturated heterocycles. The minimum atomic E-state index is -0.872. The summed E-state index contributed by atoms with van der Waals surface area (Å²) in [6.07, 6.45) is 9.35. The number of rotatable bonds is 14. The van der Waals surface area contributed by atoms with E-state index in [1.807, 2.05) is 48.5 Å². The lowest BCUT2D eigenvalue weighted by Crippen LogP contribution is -2.59. The number of carbonyl (C=O) groups excluding carboxylic acids is 1. The number of fused-ring (bicyclic) bond motifs is 3. The second-order valence-electron chi connectivity index (χ2n) is 10.4. The minimum Gasteiger partial charge on any atom is -0.494 e. The van der Waals surface area contributed by atoms with Gasteiger partial charge in [0, 0.05) is 17.4 Å². The normalized spacial score (nSPS) is 21.4. The van der Waals surface area contributed by atoms with Gasteiger partial charge in [0.15, 0.2) is 0 Å². The van der Waals surface area contributed by atoms with Gasteiger partial charge >= 0.3 is 6.09 Å². The maximum absolute atomic E-state index is 12.8. The van der Waals surface area contributed by atoms with E-state index in [0.717, 1.165) is 98.6 Å². The number of unbranched alkanes of at least 4 members (excludes halogenated alkanes) is 6. The van der Waals surface area contributed by atoms with Gasteiger partial charge in [-0.1, -0.05) is 71.9 Å². The highest BCUT2D eigenvalue weighted by Gasteiger charge is 2.43. The number of amides is 1. The second kappa shape index (κ2) is 14.0. The van der Waals surface area contributed by atoms with E-state index in [0.29, 0.717) is 18.9 Å². The Morgan fingerprint density at radius 3 is 2.38 bits per heavy atom. The van der Waals surface area contributed by atoms with Crippen molar-refractivity contribution < 1.29 is 19.4 Å². The second-order valence-corrected chi connectivity index (χ2v) is 11.3. The van der Waals surface area contributed by atoms with Crippen LogP contribution in [0, 0.1) is 5.92 Å². The van der Waals surface area contributed by atoms with Crippen molar-refractivity contribution in [1.82, 2.24) is 9.80 Å². The predicted molar refractivity (Wildman–Crippen MR) is 149 cm³/mol. The molecule has 0 spiro atoms. The minimum absolute atomic E-state index is 0.0277. The first-order chi connectivity index (χ1) is 18.1. The molecule has 0 radical (unpaired) electrons. The molecule has 37 heavy (non-hydrogen) atoms. The summed E-state index contributed by atoms with van der Waals surface area (Å²) < 4.78 is 7.03. The molecule has 2 bridgehead atoms. The van der Waals surface area contributed by atoms with E-state index in [9.17, 15) is 14.7 Å². The molecule has 2 aromatic rings. The molecule has 0 aromatic heterocycles. The van der Waals surface area contributed by atoms with Crippen LogP contribution in [0.3, 0.4) is 0 Å². The van der Waals surface area contributed by atoms with Crippen LogP contribution in [0.5, 0.6) is 5.75 Å². The molecule has 1 amide bonds. The summed E-state index contributed by atoms with van der Waals surface area (Å²) in [6, 6.07) is 15.6. The highest BCUT2D eigenvalue weighted by atomic mass is 79.9. The first-order valence-corrected chi connectivity index (χ1v) is 14.5. The SMILES string of the molecule is O=CCCCCCCCCOc1cc(Br)cc(C(c2ccccc2)N(C(=O)O)C2CN3CCC2CC3)c1. The van der Waals surface area contributed by atoms with Crippen molar-refractivity contribution in [3.05, 3.63) is 64.1 Å². The number of hydrogen-bond acceptors (Lipinski definition) is 4. The van der Waals surface area contributed by atoms with Crippen LogP contribution in [-0.2, 0) is 4.79 Å². The molecule has 2 aromatic carbocycles. The van der Waals surface area contributed by atoms with Crippen molar-refractivity contribution in [3.8, 4) is 5.75 Å². The molecular formula is C30H39BrN2O4. The van der Waals surface area contributed by atoms with Crippen LogP contribution in [0.2, 0.25) is 0 Å². The first kappa shape index (κ1) is 27.6. The fourth-order valence-corrected chi connectivity index (χ4v) is 6.38. The van der Waals surface area contributed by atoms with Gasteiger partial charge in [-0.15, -0.1) is 0 Å². The van der Waals surface area contributed by atoms with Crippen LogP contribution in [0.15, 0.2) is 53.0 Å². The van der Waals surface area contributed by atoms with Gasteiger partial charge in [0.2, 0.25) is 0 Å². The fourth-order valence-electron chi connectivity index (χ4n) is 5.89. The molecule has 3 heterocycles. The first-order valence-electron chi connectivity index (χ1n) is 13.7. The van der Waals surface area contributed by atoms with Gasteiger partial charge in [-0.3, -0.25) is 4.90 Å². The quantitative estimate of drug-likeness (QED) is 0.197. The Bertz CT molecular complexity index is 1010. The number of carboxylic acid groups (broad SMARTS) is 1. The molecule has 5 rings (SSSR count). The van der Waals surface area contributed by atoms with Crippen molar-refractivity contribution in [3.63, 3.8) is 0 Å². The molecule has 7 heteroatoms. The Hall–Kier alpha value is -2.38. The highest BCUT2D eigenvalue weighted by molar-refractivity contribution is 9.10. The molecule has 3 aliphatic rings. The number of hydrogen-bond donors (Lipinski definition) is 1. The van der Waals surface area contributed by atoms with E-state index < -0.39 is 12.1 Å². The maximum atomic E-state index is 12.8. The third-order valence-corrected chi connectivity index (χ3v) is 8.25.